The smallest absolute Gasteiger partial charge is 0.239 e. The number of nitrogens with zero attached hydrogens (tertiary/aromatic N) is 3. The molecule has 0 saturated carbocycles. The van der Waals surface area contributed by atoms with Crippen LogP contribution in [-0.2, 0) is 11.5 Å². The van der Waals surface area contributed by atoms with Crippen LogP contribution in [0.3, 0.4) is 0 Å². The lowest BCUT2D eigenvalue weighted by Crippen LogP contribution is -2.22. The summed E-state index contributed by atoms with van der Waals surface area (Å²) < 4.78 is 7.05. The van der Waals surface area contributed by atoms with E-state index in [4.69, 9.17) is 10.5 Å². The molecule has 0 radical (unpaired) electrons. The minimum atomic E-state index is -0.985. The van der Waals surface area contributed by atoms with Crippen LogP contribution in [0.5, 0.6) is 0 Å². The van der Waals surface area contributed by atoms with Gasteiger partial charge < -0.3 is 10.5 Å². The summed E-state index contributed by atoms with van der Waals surface area (Å²) in [6.45, 7) is 8.20. The largest absolute Gasteiger partial charge is 0.367 e. The number of aromatic nitrogens is 3. The molecule has 2 N–H and O–H groups in total. The first-order valence-corrected chi connectivity index (χ1v) is 8.41. The summed E-state index contributed by atoms with van der Waals surface area (Å²) in [6, 6.07) is 1.16. The van der Waals surface area contributed by atoms with Crippen molar-refractivity contribution in [3.63, 3.8) is 0 Å². The maximum Gasteiger partial charge on any atom is 0.239 e. The molecule has 0 unspecified atom stereocenters. The first-order chi connectivity index (χ1) is 6.47. The van der Waals surface area contributed by atoms with Gasteiger partial charge in [-0.2, -0.15) is 0 Å². The highest BCUT2D eigenvalue weighted by Gasteiger charge is 2.11. The molecule has 0 spiro atoms. The fourth-order valence-corrected chi connectivity index (χ4v) is 1.66. The zero-order valence-electron chi connectivity index (χ0n) is 9.03. The molecular formula is C8H18N4OSi. The Hall–Kier alpha value is -0.883. The van der Waals surface area contributed by atoms with Crippen molar-refractivity contribution < 1.29 is 4.74 Å². The van der Waals surface area contributed by atoms with Gasteiger partial charge in [-0.05, 0) is 6.04 Å². The standard InChI is InChI=1S/C8H18N4OSi/c1-14(2,3)5-4-13-7-12-6-10-8(9)11-12/h6H,4-5,7H2,1-3H3,(H2,9,11). The van der Waals surface area contributed by atoms with Crippen LogP contribution in [0, 0.1) is 0 Å². The number of anilines is 1. The molecule has 1 rings (SSSR count). The second kappa shape index (κ2) is 4.56. The van der Waals surface area contributed by atoms with Crippen molar-refractivity contribution in [2.45, 2.75) is 32.4 Å². The average Bonchev–Trinajstić information content (AvgIpc) is 2.44. The van der Waals surface area contributed by atoms with Crippen LogP contribution in [0.15, 0.2) is 6.33 Å². The van der Waals surface area contributed by atoms with Gasteiger partial charge in [0.1, 0.15) is 13.1 Å². The molecule has 6 heteroatoms. The number of nitrogens with two attached hydrogens (primary N) is 1. The fraction of sp³-hybridized carbons (Fsp3) is 0.750. The Morgan fingerprint density at radius 3 is 2.71 bits per heavy atom. The van der Waals surface area contributed by atoms with Crippen molar-refractivity contribution in [1.29, 1.82) is 0 Å². The molecule has 0 saturated heterocycles. The monoisotopic (exact) mass is 214 g/mol. The third-order valence-corrected chi connectivity index (χ3v) is 3.48. The summed E-state index contributed by atoms with van der Waals surface area (Å²) in [5, 5.41) is 3.91. The number of rotatable bonds is 5. The number of hydrogen-bond donors (Lipinski definition) is 1. The predicted molar refractivity (Wildman–Crippen MR) is 58.5 cm³/mol. The zero-order chi connectivity index (χ0) is 10.6. The Balaban J connectivity index is 2.16. The Kier molecular flexibility index (Phi) is 3.65. The van der Waals surface area contributed by atoms with Gasteiger partial charge in [-0.15, -0.1) is 5.10 Å². The van der Waals surface area contributed by atoms with Crippen LogP contribution < -0.4 is 5.73 Å². The van der Waals surface area contributed by atoms with Crippen LogP contribution in [-0.4, -0.2) is 29.4 Å². The van der Waals surface area contributed by atoms with Gasteiger partial charge in [0.25, 0.3) is 0 Å². The molecule has 80 valence electrons. The molecule has 1 heterocycles. The van der Waals surface area contributed by atoms with E-state index in [1.807, 2.05) is 0 Å². The third-order valence-electron chi connectivity index (χ3n) is 1.77. The molecule has 0 bridgehead atoms. The van der Waals surface area contributed by atoms with Crippen LogP contribution in [0.25, 0.3) is 0 Å². The van der Waals surface area contributed by atoms with Crippen molar-refractivity contribution in [3.05, 3.63) is 6.33 Å². The molecule has 5 nitrogen and oxygen atoms in total. The van der Waals surface area contributed by atoms with Crippen LogP contribution >= 0.6 is 0 Å². The summed E-state index contributed by atoms with van der Waals surface area (Å²) >= 11 is 0. The molecule has 0 aliphatic rings. The van der Waals surface area contributed by atoms with Crippen molar-refractivity contribution in [1.82, 2.24) is 14.8 Å². The fourth-order valence-electron chi connectivity index (χ4n) is 0.908. The normalized spacial score (nSPS) is 11.9. The van der Waals surface area contributed by atoms with E-state index in [-0.39, 0.29) is 0 Å². The number of nitrogen functional groups attached to an aromatic ring is 1. The van der Waals surface area contributed by atoms with E-state index >= 15 is 0 Å². The van der Waals surface area contributed by atoms with Crippen molar-refractivity contribution in [2.24, 2.45) is 0 Å². The maximum atomic E-state index is 5.45. The van der Waals surface area contributed by atoms with Crippen LogP contribution in [0.2, 0.25) is 25.7 Å². The van der Waals surface area contributed by atoms with Gasteiger partial charge in [-0.1, -0.05) is 19.6 Å². The van der Waals surface area contributed by atoms with E-state index in [1.165, 1.54) is 0 Å². The summed E-state index contributed by atoms with van der Waals surface area (Å²) in [6.07, 6.45) is 1.57. The molecule has 1 aromatic rings. The van der Waals surface area contributed by atoms with Gasteiger partial charge in [-0.3, -0.25) is 0 Å². The Morgan fingerprint density at radius 1 is 1.50 bits per heavy atom. The lowest BCUT2D eigenvalue weighted by Gasteiger charge is -2.15. The molecular weight excluding hydrogens is 196 g/mol. The Morgan fingerprint density at radius 2 is 2.21 bits per heavy atom. The van der Waals surface area contributed by atoms with Gasteiger partial charge in [0.2, 0.25) is 5.95 Å². The molecule has 0 aliphatic carbocycles. The van der Waals surface area contributed by atoms with Crippen LogP contribution in [0.4, 0.5) is 5.95 Å². The lowest BCUT2D eigenvalue weighted by atomic mass is 10.8. The zero-order valence-corrected chi connectivity index (χ0v) is 10.0. The van der Waals surface area contributed by atoms with E-state index in [0.717, 1.165) is 12.7 Å². The lowest BCUT2D eigenvalue weighted by molar-refractivity contribution is 0.0785. The molecule has 0 amide bonds. The first kappa shape index (κ1) is 11.2. The summed E-state index contributed by atoms with van der Waals surface area (Å²) in [7, 11) is -0.985. The summed E-state index contributed by atoms with van der Waals surface area (Å²) in [5.74, 6) is 0.291. The molecule has 0 aliphatic heterocycles. The second-order valence-corrected chi connectivity index (χ2v) is 10.1. The number of ether oxygens (including phenoxy) is 1. The summed E-state index contributed by atoms with van der Waals surface area (Å²) in [4.78, 5) is 3.80. The first-order valence-electron chi connectivity index (χ1n) is 4.70. The topological polar surface area (TPSA) is 66.0 Å². The second-order valence-electron chi connectivity index (χ2n) is 4.49. The van der Waals surface area contributed by atoms with Gasteiger partial charge in [0.05, 0.1) is 0 Å². The minimum absolute atomic E-state index is 0.291. The van der Waals surface area contributed by atoms with E-state index in [0.29, 0.717) is 12.7 Å². The van der Waals surface area contributed by atoms with Crippen molar-refractivity contribution >= 4 is 14.0 Å². The molecule has 0 aromatic carbocycles. The van der Waals surface area contributed by atoms with E-state index in [2.05, 4.69) is 29.7 Å². The molecule has 14 heavy (non-hydrogen) atoms. The quantitative estimate of drug-likeness (QED) is 0.590. The highest BCUT2D eigenvalue weighted by Crippen LogP contribution is 2.07. The average molecular weight is 214 g/mol. The summed E-state index contributed by atoms with van der Waals surface area (Å²) in [5.41, 5.74) is 5.36. The van der Waals surface area contributed by atoms with Gasteiger partial charge >= 0.3 is 0 Å². The highest BCUT2D eigenvalue weighted by molar-refractivity contribution is 6.76. The number of hydrogen-bond acceptors (Lipinski definition) is 4. The Labute approximate surface area is 85.3 Å². The molecule has 0 fully saturated rings. The minimum Gasteiger partial charge on any atom is -0.367 e. The van der Waals surface area contributed by atoms with E-state index < -0.39 is 8.07 Å². The highest BCUT2D eigenvalue weighted by atomic mass is 28.3. The van der Waals surface area contributed by atoms with Gasteiger partial charge in [0, 0.05) is 14.7 Å². The van der Waals surface area contributed by atoms with Gasteiger partial charge in [-0.25, -0.2) is 9.67 Å². The van der Waals surface area contributed by atoms with Gasteiger partial charge in [0.15, 0.2) is 0 Å². The van der Waals surface area contributed by atoms with E-state index in [1.54, 1.807) is 11.0 Å². The SMILES string of the molecule is C[Si](C)(C)CCOCn1cnc(N)n1. The Bertz CT molecular complexity index is 281. The van der Waals surface area contributed by atoms with Crippen LogP contribution in [0.1, 0.15) is 0 Å². The molecule has 1 aromatic heterocycles. The predicted octanol–water partition coefficient (Wildman–Crippen LogP) is 1.17. The van der Waals surface area contributed by atoms with Crippen molar-refractivity contribution in [3.8, 4) is 0 Å². The maximum absolute atomic E-state index is 5.45. The van der Waals surface area contributed by atoms with E-state index in [9.17, 15) is 0 Å². The van der Waals surface area contributed by atoms with Crippen molar-refractivity contribution in [2.75, 3.05) is 12.3 Å². The molecule has 0 atom stereocenters. The third kappa shape index (κ3) is 4.38.